The molecule has 10 atom stereocenters. The van der Waals surface area contributed by atoms with Gasteiger partial charge in [0.25, 0.3) is 0 Å². The van der Waals surface area contributed by atoms with Gasteiger partial charge >= 0.3 is 0 Å². The second-order valence-electron chi connectivity index (χ2n) is 12.4. The molecule has 4 rings (SSSR count). The molecule has 3 nitrogen and oxygen atoms in total. The SMILES string of the molecule is C.COC1CC2C3CC=C4CC(O)CC[C@]4(C)C3CCC2(C)C1C(C)CCCC(C)CO. The fraction of sp³-hybridized carbons (Fsp3) is 0.931. The number of methoxy groups -OCH3 is 1. The summed E-state index contributed by atoms with van der Waals surface area (Å²) in [5.74, 6) is 4.09. The molecule has 0 aromatic rings. The van der Waals surface area contributed by atoms with Crippen LogP contribution >= 0.6 is 0 Å². The molecule has 4 aliphatic rings. The van der Waals surface area contributed by atoms with Crippen LogP contribution in [-0.4, -0.2) is 36.1 Å². The quantitative estimate of drug-likeness (QED) is 0.430. The van der Waals surface area contributed by atoms with Crippen molar-refractivity contribution in [1.82, 2.24) is 0 Å². The molecule has 0 amide bonds. The highest BCUT2D eigenvalue weighted by Gasteiger charge is 2.61. The van der Waals surface area contributed by atoms with Crippen molar-refractivity contribution in [1.29, 1.82) is 0 Å². The van der Waals surface area contributed by atoms with E-state index >= 15 is 0 Å². The third-order valence-electron chi connectivity index (χ3n) is 10.7. The molecule has 0 saturated heterocycles. The second kappa shape index (κ2) is 10.1. The fourth-order valence-corrected chi connectivity index (χ4v) is 8.99. The van der Waals surface area contributed by atoms with Crippen molar-refractivity contribution in [3.63, 3.8) is 0 Å². The molecular formula is C29H52O3. The summed E-state index contributed by atoms with van der Waals surface area (Å²) in [6.45, 7) is 10.1. The van der Waals surface area contributed by atoms with E-state index in [1.165, 1.54) is 44.9 Å². The summed E-state index contributed by atoms with van der Waals surface area (Å²) in [6.07, 6.45) is 14.6. The van der Waals surface area contributed by atoms with E-state index < -0.39 is 0 Å². The molecule has 0 spiro atoms. The molecule has 0 radical (unpaired) electrons. The lowest BCUT2D eigenvalue weighted by atomic mass is 9.47. The molecule has 0 aromatic heterocycles. The van der Waals surface area contributed by atoms with Crippen LogP contribution in [0.2, 0.25) is 0 Å². The smallest absolute Gasteiger partial charge is 0.0610 e. The van der Waals surface area contributed by atoms with Crippen LogP contribution in [0.5, 0.6) is 0 Å². The number of aliphatic hydroxyl groups is 2. The topological polar surface area (TPSA) is 49.7 Å². The average Bonchev–Trinajstić information content (AvgIpc) is 3.06. The van der Waals surface area contributed by atoms with Gasteiger partial charge in [-0.2, -0.15) is 0 Å². The molecule has 0 heterocycles. The highest BCUT2D eigenvalue weighted by molar-refractivity contribution is 5.25. The first-order valence-electron chi connectivity index (χ1n) is 13.3. The summed E-state index contributed by atoms with van der Waals surface area (Å²) in [7, 11) is 1.94. The van der Waals surface area contributed by atoms with E-state index in [9.17, 15) is 10.2 Å². The summed E-state index contributed by atoms with van der Waals surface area (Å²) in [4.78, 5) is 0. The van der Waals surface area contributed by atoms with Crippen molar-refractivity contribution in [3.8, 4) is 0 Å². The Bertz CT molecular complexity index is 659. The third kappa shape index (κ3) is 4.36. The van der Waals surface area contributed by atoms with Crippen molar-refractivity contribution in [3.05, 3.63) is 11.6 Å². The highest BCUT2D eigenvalue weighted by atomic mass is 16.5. The van der Waals surface area contributed by atoms with E-state index in [-0.39, 0.29) is 13.5 Å². The van der Waals surface area contributed by atoms with Gasteiger partial charge < -0.3 is 14.9 Å². The molecule has 3 fully saturated rings. The Balaban J connectivity index is 0.00000289. The van der Waals surface area contributed by atoms with Gasteiger partial charge in [-0.25, -0.2) is 0 Å². The molecule has 3 heteroatoms. The van der Waals surface area contributed by atoms with Gasteiger partial charge in [0.15, 0.2) is 0 Å². The molecule has 32 heavy (non-hydrogen) atoms. The maximum absolute atomic E-state index is 10.3. The van der Waals surface area contributed by atoms with Crippen LogP contribution in [0.15, 0.2) is 11.6 Å². The predicted octanol–water partition coefficient (Wildman–Crippen LogP) is 6.62. The minimum atomic E-state index is -0.118. The van der Waals surface area contributed by atoms with E-state index in [0.717, 1.165) is 37.0 Å². The number of hydrogen-bond acceptors (Lipinski definition) is 3. The van der Waals surface area contributed by atoms with Gasteiger partial charge in [0.05, 0.1) is 12.2 Å². The molecule has 186 valence electrons. The molecule has 2 N–H and O–H groups in total. The number of hydrogen-bond donors (Lipinski definition) is 2. The lowest BCUT2D eigenvalue weighted by Gasteiger charge is -2.58. The van der Waals surface area contributed by atoms with Crippen molar-refractivity contribution < 1.29 is 14.9 Å². The summed E-state index contributed by atoms with van der Waals surface area (Å²) in [6, 6.07) is 0. The van der Waals surface area contributed by atoms with Crippen LogP contribution in [-0.2, 0) is 4.74 Å². The Kier molecular flexibility index (Phi) is 8.26. The molecule has 3 saturated carbocycles. The zero-order valence-corrected chi connectivity index (χ0v) is 20.8. The van der Waals surface area contributed by atoms with Gasteiger partial charge in [0.1, 0.15) is 0 Å². The number of fused-ring (bicyclic) bond motifs is 5. The highest BCUT2D eigenvalue weighted by Crippen LogP contribution is 2.67. The van der Waals surface area contributed by atoms with Gasteiger partial charge in [-0.1, -0.05) is 59.6 Å². The number of ether oxygens (including phenoxy) is 1. The minimum absolute atomic E-state index is 0. The Morgan fingerprint density at radius 3 is 2.56 bits per heavy atom. The standard InChI is InChI=1S/C28H48O3.CH4/c1-18(17-29)7-6-8-19(2)26-25(31-5)16-24-22-10-9-20-15-21(30)11-13-27(20,3)23(22)12-14-28(24,26)4;/h9,18-19,21-26,29-30H,6-8,10-17H2,1-5H3;1H4/t18?,19?,21?,22?,23?,24?,25?,26?,27-,28?;/m0./s1. The van der Waals surface area contributed by atoms with E-state index in [0.29, 0.717) is 41.3 Å². The molecule has 9 unspecified atom stereocenters. The largest absolute Gasteiger partial charge is 0.396 e. The molecule has 0 aromatic carbocycles. The zero-order chi connectivity index (χ0) is 22.4. The number of rotatable bonds is 7. The molecule has 0 aliphatic heterocycles. The average molecular weight is 449 g/mol. The Morgan fingerprint density at radius 1 is 1.12 bits per heavy atom. The van der Waals surface area contributed by atoms with Crippen LogP contribution in [0.4, 0.5) is 0 Å². The fourth-order valence-electron chi connectivity index (χ4n) is 8.99. The van der Waals surface area contributed by atoms with Crippen LogP contribution in [0.1, 0.15) is 99.3 Å². The van der Waals surface area contributed by atoms with E-state index in [1.54, 1.807) is 5.57 Å². The lowest BCUT2D eigenvalue weighted by Crippen LogP contribution is -2.51. The normalized spacial score (nSPS) is 45.0. The van der Waals surface area contributed by atoms with Crippen LogP contribution in [0.25, 0.3) is 0 Å². The first-order chi connectivity index (χ1) is 14.7. The van der Waals surface area contributed by atoms with Crippen molar-refractivity contribution in [2.45, 2.75) is 112 Å². The van der Waals surface area contributed by atoms with Crippen molar-refractivity contribution >= 4 is 0 Å². The summed E-state index contributed by atoms with van der Waals surface area (Å²) in [5.41, 5.74) is 2.27. The Hall–Kier alpha value is -0.380. The maximum atomic E-state index is 10.3. The van der Waals surface area contributed by atoms with Crippen molar-refractivity contribution in [2.24, 2.45) is 46.3 Å². The van der Waals surface area contributed by atoms with Gasteiger partial charge in [-0.3, -0.25) is 0 Å². The van der Waals surface area contributed by atoms with Crippen LogP contribution in [0.3, 0.4) is 0 Å². The van der Waals surface area contributed by atoms with Gasteiger partial charge in [-0.15, -0.1) is 0 Å². The second-order valence-corrected chi connectivity index (χ2v) is 12.4. The lowest BCUT2D eigenvalue weighted by molar-refractivity contribution is -0.0643. The van der Waals surface area contributed by atoms with Crippen molar-refractivity contribution in [2.75, 3.05) is 13.7 Å². The molecule has 0 bridgehead atoms. The first-order valence-corrected chi connectivity index (χ1v) is 13.3. The van der Waals surface area contributed by atoms with Gasteiger partial charge in [-0.05, 0) is 97.7 Å². The van der Waals surface area contributed by atoms with E-state index in [2.05, 4.69) is 33.8 Å². The van der Waals surface area contributed by atoms with Gasteiger partial charge in [0.2, 0.25) is 0 Å². The van der Waals surface area contributed by atoms with Gasteiger partial charge in [0, 0.05) is 13.7 Å². The minimum Gasteiger partial charge on any atom is -0.396 e. The Labute approximate surface area is 198 Å². The number of aliphatic hydroxyl groups excluding tert-OH is 2. The summed E-state index contributed by atoms with van der Waals surface area (Å²) in [5, 5.41) is 19.6. The monoisotopic (exact) mass is 448 g/mol. The van der Waals surface area contributed by atoms with E-state index in [4.69, 9.17) is 4.74 Å². The predicted molar refractivity (Wildman–Crippen MR) is 133 cm³/mol. The maximum Gasteiger partial charge on any atom is 0.0610 e. The summed E-state index contributed by atoms with van der Waals surface area (Å²) >= 11 is 0. The molecule has 4 aliphatic carbocycles. The molecular weight excluding hydrogens is 396 g/mol. The van der Waals surface area contributed by atoms with E-state index in [1.807, 2.05) is 7.11 Å². The van der Waals surface area contributed by atoms with Crippen LogP contribution < -0.4 is 0 Å². The third-order valence-corrected chi connectivity index (χ3v) is 10.7. The summed E-state index contributed by atoms with van der Waals surface area (Å²) < 4.78 is 6.19. The first kappa shape index (κ1) is 26.2. The van der Waals surface area contributed by atoms with Crippen LogP contribution in [0, 0.1) is 46.3 Å². The zero-order valence-electron chi connectivity index (χ0n) is 20.8. The number of allylic oxidation sites excluding steroid dienone is 1. The Morgan fingerprint density at radius 2 is 1.88 bits per heavy atom.